The Labute approximate surface area is 197 Å². The van der Waals surface area contributed by atoms with Crippen LogP contribution in [0.5, 0.6) is 5.75 Å². The van der Waals surface area contributed by atoms with Gasteiger partial charge in [0.25, 0.3) is 5.78 Å². The Morgan fingerprint density at radius 3 is 2.64 bits per heavy atom. The van der Waals surface area contributed by atoms with Gasteiger partial charge in [-0.3, -0.25) is 19.5 Å². The van der Waals surface area contributed by atoms with Gasteiger partial charge in [-0.15, -0.1) is 0 Å². The molecule has 0 bridgehead atoms. The van der Waals surface area contributed by atoms with E-state index in [1.807, 2.05) is 0 Å². The van der Waals surface area contributed by atoms with Crippen molar-refractivity contribution in [3.05, 3.63) is 88.7 Å². The zero-order chi connectivity index (χ0) is 23.1. The van der Waals surface area contributed by atoms with Crippen molar-refractivity contribution in [1.29, 1.82) is 0 Å². The molecule has 1 unspecified atom stereocenters. The molecule has 2 aromatic carbocycles. The molecule has 5 rings (SSSR count). The number of hydrogen-bond acceptors (Lipinski definition) is 7. The largest absolute Gasteiger partial charge is 0.507 e. The van der Waals surface area contributed by atoms with Gasteiger partial charge in [0.05, 0.1) is 28.9 Å². The second kappa shape index (κ2) is 8.31. The quantitative estimate of drug-likeness (QED) is 0.253. The van der Waals surface area contributed by atoms with E-state index in [1.54, 1.807) is 67.0 Å². The van der Waals surface area contributed by atoms with Crippen LogP contribution in [0, 0.1) is 0 Å². The van der Waals surface area contributed by atoms with Gasteiger partial charge in [0, 0.05) is 23.0 Å². The number of halogens is 1. The van der Waals surface area contributed by atoms with E-state index >= 15 is 0 Å². The van der Waals surface area contributed by atoms with Crippen molar-refractivity contribution >= 4 is 55.7 Å². The van der Waals surface area contributed by atoms with E-state index in [9.17, 15) is 14.7 Å². The number of carbonyl (C=O) groups is 2. The number of benzene rings is 2. The van der Waals surface area contributed by atoms with E-state index < -0.39 is 17.7 Å². The Balaban J connectivity index is 1.70. The SMILES string of the molecule is COc1ccc(/C(O)=C2\C(=O)C(=O)N(c3nc4ccc(Cl)cc4s3)C2c2cccnc2)cc1. The molecule has 0 aliphatic carbocycles. The Morgan fingerprint density at radius 1 is 1.15 bits per heavy atom. The molecule has 0 spiro atoms. The number of rotatable bonds is 4. The van der Waals surface area contributed by atoms with E-state index in [-0.39, 0.29) is 11.3 Å². The summed E-state index contributed by atoms with van der Waals surface area (Å²) in [6.07, 6.45) is 3.16. The first-order valence-corrected chi connectivity index (χ1v) is 11.1. The van der Waals surface area contributed by atoms with Gasteiger partial charge in [-0.1, -0.05) is 29.0 Å². The van der Waals surface area contributed by atoms with Crippen LogP contribution in [-0.2, 0) is 9.59 Å². The van der Waals surface area contributed by atoms with Crippen LogP contribution in [0.1, 0.15) is 17.2 Å². The molecule has 4 aromatic rings. The highest BCUT2D eigenvalue weighted by Gasteiger charge is 2.48. The van der Waals surface area contributed by atoms with E-state index in [0.717, 1.165) is 4.70 Å². The summed E-state index contributed by atoms with van der Waals surface area (Å²) in [7, 11) is 1.54. The number of thiazole rings is 1. The van der Waals surface area contributed by atoms with Gasteiger partial charge in [-0.25, -0.2) is 4.98 Å². The molecule has 1 atom stereocenters. The summed E-state index contributed by atoms with van der Waals surface area (Å²) in [6, 6.07) is 14.4. The molecule has 164 valence electrons. The number of carbonyl (C=O) groups excluding carboxylic acids is 2. The number of fused-ring (bicyclic) bond motifs is 1. The molecule has 1 N–H and O–H groups in total. The summed E-state index contributed by atoms with van der Waals surface area (Å²) in [5.41, 5.74) is 1.58. The van der Waals surface area contributed by atoms with Gasteiger partial charge < -0.3 is 9.84 Å². The molecule has 33 heavy (non-hydrogen) atoms. The molecule has 2 aromatic heterocycles. The Kier molecular flexibility index (Phi) is 5.32. The molecule has 1 aliphatic heterocycles. The van der Waals surface area contributed by atoms with Gasteiger partial charge in [-0.2, -0.15) is 0 Å². The third kappa shape index (κ3) is 3.63. The standard InChI is InChI=1S/C24H16ClN3O4S/c1-32-16-7-4-13(5-8-16)21(29)19-20(14-3-2-10-26-12-14)28(23(31)22(19)30)24-27-17-9-6-15(25)11-18(17)33-24/h2-12,20,29H,1H3/b21-19+. The number of methoxy groups -OCH3 is 1. The molecule has 1 saturated heterocycles. The van der Waals surface area contributed by atoms with Crippen molar-refractivity contribution in [2.24, 2.45) is 0 Å². The summed E-state index contributed by atoms with van der Waals surface area (Å²) in [5, 5.41) is 12.0. The number of Topliss-reactive ketones (excluding diaryl/α,β-unsaturated/α-hetero) is 1. The Morgan fingerprint density at radius 2 is 1.94 bits per heavy atom. The van der Waals surface area contributed by atoms with Gasteiger partial charge in [0.2, 0.25) is 0 Å². The van der Waals surface area contributed by atoms with E-state index in [2.05, 4.69) is 9.97 Å². The number of aliphatic hydroxyl groups excluding tert-OH is 1. The summed E-state index contributed by atoms with van der Waals surface area (Å²) in [6.45, 7) is 0. The highest BCUT2D eigenvalue weighted by atomic mass is 35.5. The predicted octanol–water partition coefficient (Wildman–Crippen LogP) is 4.98. The van der Waals surface area contributed by atoms with E-state index in [0.29, 0.717) is 32.5 Å². The fourth-order valence-corrected chi connectivity index (χ4v) is 5.04. The second-order valence-electron chi connectivity index (χ2n) is 7.29. The molecular formula is C24H16ClN3O4S. The van der Waals surface area contributed by atoms with Crippen molar-refractivity contribution in [2.45, 2.75) is 6.04 Å². The third-order valence-electron chi connectivity index (χ3n) is 5.35. The first kappa shape index (κ1) is 21.1. The van der Waals surface area contributed by atoms with Crippen LogP contribution < -0.4 is 9.64 Å². The lowest BCUT2D eigenvalue weighted by atomic mass is 9.96. The number of hydrogen-bond donors (Lipinski definition) is 1. The molecule has 0 saturated carbocycles. The topological polar surface area (TPSA) is 92.6 Å². The maximum absolute atomic E-state index is 13.2. The fourth-order valence-electron chi connectivity index (χ4n) is 3.78. The maximum atomic E-state index is 13.2. The number of ether oxygens (including phenoxy) is 1. The van der Waals surface area contributed by atoms with Gasteiger partial charge in [0.15, 0.2) is 5.13 Å². The first-order chi connectivity index (χ1) is 16.0. The van der Waals surface area contributed by atoms with Crippen LogP contribution in [0.2, 0.25) is 5.02 Å². The number of amides is 1. The summed E-state index contributed by atoms with van der Waals surface area (Å²) in [4.78, 5) is 36.4. The summed E-state index contributed by atoms with van der Waals surface area (Å²) in [5.74, 6) is -1.25. The molecule has 1 aliphatic rings. The highest BCUT2D eigenvalue weighted by Crippen LogP contribution is 2.44. The van der Waals surface area contributed by atoms with Crippen LogP contribution in [-0.4, -0.2) is 33.9 Å². The minimum atomic E-state index is -0.892. The van der Waals surface area contributed by atoms with Crippen LogP contribution in [0.4, 0.5) is 5.13 Å². The molecule has 7 nitrogen and oxygen atoms in total. The van der Waals surface area contributed by atoms with E-state index in [4.69, 9.17) is 16.3 Å². The van der Waals surface area contributed by atoms with Crippen LogP contribution in [0.3, 0.4) is 0 Å². The van der Waals surface area contributed by atoms with Crippen LogP contribution in [0.15, 0.2) is 72.6 Å². The van der Waals surface area contributed by atoms with Gasteiger partial charge in [-0.05, 0) is 54.1 Å². The number of aromatic nitrogens is 2. The second-order valence-corrected chi connectivity index (χ2v) is 8.74. The number of aliphatic hydroxyl groups is 1. The lowest BCUT2D eigenvalue weighted by Gasteiger charge is -2.22. The smallest absolute Gasteiger partial charge is 0.301 e. The number of anilines is 1. The number of pyridine rings is 1. The van der Waals surface area contributed by atoms with Crippen LogP contribution >= 0.6 is 22.9 Å². The van der Waals surface area contributed by atoms with Crippen molar-refractivity contribution in [1.82, 2.24) is 9.97 Å². The lowest BCUT2D eigenvalue weighted by molar-refractivity contribution is -0.132. The fraction of sp³-hybridized carbons (Fsp3) is 0.0833. The van der Waals surface area contributed by atoms with Crippen molar-refractivity contribution in [2.75, 3.05) is 12.0 Å². The van der Waals surface area contributed by atoms with Gasteiger partial charge in [0.1, 0.15) is 11.5 Å². The molecule has 3 heterocycles. The Hall–Kier alpha value is -3.75. The predicted molar refractivity (Wildman–Crippen MR) is 127 cm³/mol. The van der Waals surface area contributed by atoms with Crippen molar-refractivity contribution in [3.63, 3.8) is 0 Å². The number of ketones is 1. The highest BCUT2D eigenvalue weighted by molar-refractivity contribution is 7.22. The minimum Gasteiger partial charge on any atom is -0.507 e. The average molecular weight is 478 g/mol. The molecule has 1 amide bonds. The molecule has 9 heteroatoms. The molecule has 1 fully saturated rings. The minimum absolute atomic E-state index is 0.0320. The maximum Gasteiger partial charge on any atom is 0.301 e. The normalized spacial score (nSPS) is 17.6. The van der Waals surface area contributed by atoms with Crippen molar-refractivity contribution < 1.29 is 19.4 Å². The molecule has 0 radical (unpaired) electrons. The lowest BCUT2D eigenvalue weighted by Crippen LogP contribution is -2.29. The van der Waals surface area contributed by atoms with Gasteiger partial charge >= 0.3 is 5.91 Å². The summed E-state index contributed by atoms with van der Waals surface area (Å²) < 4.78 is 5.94. The average Bonchev–Trinajstić information content (AvgIpc) is 3.37. The molecular weight excluding hydrogens is 462 g/mol. The number of nitrogens with zero attached hydrogens (tertiary/aromatic N) is 3. The summed E-state index contributed by atoms with van der Waals surface area (Å²) >= 11 is 7.35. The Bertz CT molecular complexity index is 1420. The van der Waals surface area contributed by atoms with Crippen molar-refractivity contribution in [3.8, 4) is 5.75 Å². The van der Waals surface area contributed by atoms with E-state index in [1.165, 1.54) is 23.3 Å². The zero-order valence-electron chi connectivity index (χ0n) is 17.2. The first-order valence-electron chi connectivity index (χ1n) is 9.89. The monoisotopic (exact) mass is 477 g/mol. The zero-order valence-corrected chi connectivity index (χ0v) is 18.8. The third-order valence-corrected chi connectivity index (χ3v) is 6.61. The van der Waals surface area contributed by atoms with Crippen LogP contribution in [0.25, 0.3) is 16.0 Å².